The first-order valence-corrected chi connectivity index (χ1v) is 10.9. The fraction of sp³-hybridized carbons (Fsp3) is 0.231. The summed E-state index contributed by atoms with van der Waals surface area (Å²) in [6.07, 6.45) is 0. The maximum atomic E-state index is 13.0. The van der Waals surface area contributed by atoms with Crippen LogP contribution in [0.4, 0.5) is 11.4 Å². The topological polar surface area (TPSA) is 85.9 Å². The van der Waals surface area contributed by atoms with Gasteiger partial charge in [0.25, 0.3) is 11.8 Å². The number of carbonyl (C=O) groups is 2. The van der Waals surface area contributed by atoms with Gasteiger partial charge in [0.1, 0.15) is 18.1 Å². The molecule has 33 heavy (non-hydrogen) atoms. The normalized spacial score (nSPS) is 10.4. The maximum absolute atomic E-state index is 13.0. The third-order valence-corrected chi connectivity index (χ3v) is 4.66. The predicted molar refractivity (Wildman–Crippen MR) is 128 cm³/mol. The van der Waals surface area contributed by atoms with E-state index in [1.807, 2.05) is 13.8 Å². The minimum absolute atomic E-state index is 0.333. The van der Waals surface area contributed by atoms with Crippen molar-refractivity contribution in [3.63, 3.8) is 0 Å². The Balaban J connectivity index is 1.71. The van der Waals surface area contributed by atoms with Crippen LogP contribution in [-0.4, -0.2) is 38.2 Å². The Bertz CT molecular complexity index is 1070. The number of hydrogen-bond donors (Lipinski definition) is 2. The summed E-state index contributed by atoms with van der Waals surface area (Å²) in [6.45, 7) is 5.75. The third-order valence-electron chi connectivity index (χ3n) is 4.66. The number of rotatable bonds is 11. The molecule has 0 spiro atoms. The molecule has 0 bridgehead atoms. The van der Waals surface area contributed by atoms with Crippen molar-refractivity contribution >= 4 is 23.2 Å². The molecule has 0 saturated heterocycles. The van der Waals surface area contributed by atoms with Crippen LogP contribution >= 0.6 is 0 Å². The van der Waals surface area contributed by atoms with Gasteiger partial charge in [0.05, 0.1) is 30.0 Å². The largest absolute Gasteiger partial charge is 0.494 e. The lowest BCUT2D eigenvalue weighted by molar-refractivity contribution is 0.0998. The highest BCUT2D eigenvalue weighted by molar-refractivity contribution is 6.13. The smallest absolute Gasteiger partial charge is 0.259 e. The molecular formula is C26H28N2O5. The van der Waals surface area contributed by atoms with Crippen LogP contribution in [0.1, 0.15) is 34.6 Å². The summed E-state index contributed by atoms with van der Waals surface area (Å²) in [4.78, 5) is 25.9. The summed E-state index contributed by atoms with van der Waals surface area (Å²) in [5, 5.41) is 5.68. The number of benzene rings is 3. The lowest BCUT2D eigenvalue weighted by Crippen LogP contribution is -2.19. The number of para-hydroxylation sites is 2. The fourth-order valence-corrected chi connectivity index (χ4v) is 3.11. The van der Waals surface area contributed by atoms with Gasteiger partial charge in [0.2, 0.25) is 0 Å². The number of ether oxygens (including phenoxy) is 3. The molecule has 0 aliphatic carbocycles. The summed E-state index contributed by atoms with van der Waals surface area (Å²) in [5.41, 5.74) is 1.73. The molecule has 7 nitrogen and oxygen atoms in total. The molecule has 0 fully saturated rings. The molecule has 2 amide bonds. The lowest BCUT2D eigenvalue weighted by atomic mass is 10.1. The fourth-order valence-electron chi connectivity index (χ4n) is 3.11. The number of nitrogens with one attached hydrogen (secondary N) is 2. The molecule has 0 aliphatic rings. The second kappa shape index (κ2) is 12.3. The zero-order valence-corrected chi connectivity index (χ0v) is 18.8. The van der Waals surface area contributed by atoms with E-state index in [-0.39, 0.29) is 11.8 Å². The van der Waals surface area contributed by atoms with E-state index in [4.69, 9.17) is 14.2 Å². The molecule has 0 aliphatic heterocycles. The van der Waals surface area contributed by atoms with Crippen LogP contribution in [0.2, 0.25) is 0 Å². The van der Waals surface area contributed by atoms with Crippen molar-refractivity contribution in [1.29, 1.82) is 0 Å². The van der Waals surface area contributed by atoms with Crippen LogP contribution in [0.15, 0.2) is 72.8 Å². The molecule has 0 atom stereocenters. The Labute approximate surface area is 193 Å². The number of hydrogen-bond acceptors (Lipinski definition) is 5. The van der Waals surface area contributed by atoms with Gasteiger partial charge >= 0.3 is 0 Å². The molecule has 3 aromatic rings. The van der Waals surface area contributed by atoms with E-state index in [2.05, 4.69) is 10.6 Å². The zero-order valence-electron chi connectivity index (χ0n) is 18.8. The minimum Gasteiger partial charge on any atom is -0.494 e. The van der Waals surface area contributed by atoms with Crippen molar-refractivity contribution in [2.45, 2.75) is 13.8 Å². The molecule has 3 aromatic carbocycles. The first kappa shape index (κ1) is 23.8. The van der Waals surface area contributed by atoms with Crippen molar-refractivity contribution in [3.8, 4) is 11.5 Å². The van der Waals surface area contributed by atoms with Gasteiger partial charge in [-0.3, -0.25) is 9.59 Å². The maximum Gasteiger partial charge on any atom is 0.259 e. The van der Waals surface area contributed by atoms with Gasteiger partial charge in [-0.05, 0) is 62.4 Å². The molecule has 3 rings (SSSR count). The van der Waals surface area contributed by atoms with E-state index >= 15 is 0 Å². The lowest BCUT2D eigenvalue weighted by Gasteiger charge is -2.14. The Kier molecular flexibility index (Phi) is 8.85. The Morgan fingerprint density at radius 2 is 1.36 bits per heavy atom. The Hall–Kier alpha value is -3.84. The molecular weight excluding hydrogens is 420 g/mol. The van der Waals surface area contributed by atoms with Gasteiger partial charge in [0, 0.05) is 12.3 Å². The number of amides is 2. The molecule has 172 valence electrons. The van der Waals surface area contributed by atoms with Crippen LogP contribution in [-0.2, 0) is 4.74 Å². The second-order valence-electron chi connectivity index (χ2n) is 6.95. The van der Waals surface area contributed by atoms with Gasteiger partial charge in [-0.15, -0.1) is 0 Å². The standard InChI is InChI=1S/C26H28N2O5/c1-3-31-17-18-33-24-12-8-6-10-22(24)26(30)28-23-11-7-5-9-21(23)25(29)27-19-13-15-20(16-14-19)32-4-2/h5-16H,3-4,17-18H2,1-2H3,(H,27,29)(H,28,30). The van der Waals surface area contributed by atoms with E-state index in [0.717, 1.165) is 5.75 Å². The van der Waals surface area contributed by atoms with Crippen LogP contribution in [0.25, 0.3) is 0 Å². The monoisotopic (exact) mass is 448 g/mol. The van der Waals surface area contributed by atoms with E-state index < -0.39 is 0 Å². The highest BCUT2D eigenvalue weighted by atomic mass is 16.5. The van der Waals surface area contributed by atoms with Crippen molar-refractivity contribution < 1.29 is 23.8 Å². The zero-order chi connectivity index (χ0) is 23.5. The van der Waals surface area contributed by atoms with Gasteiger partial charge in [-0.25, -0.2) is 0 Å². The SMILES string of the molecule is CCOCCOc1ccccc1C(=O)Nc1ccccc1C(=O)Nc1ccc(OCC)cc1. The van der Waals surface area contributed by atoms with Crippen molar-refractivity contribution in [2.24, 2.45) is 0 Å². The van der Waals surface area contributed by atoms with E-state index in [1.54, 1.807) is 72.8 Å². The molecule has 0 unspecified atom stereocenters. The molecule has 7 heteroatoms. The van der Waals surface area contributed by atoms with Crippen LogP contribution in [0.3, 0.4) is 0 Å². The van der Waals surface area contributed by atoms with Gasteiger partial charge in [-0.1, -0.05) is 24.3 Å². The number of carbonyl (C=O) groups excluding carboxylic acids is 2. The van der Waals surface area contributed by atoms with Crippen LogP contribution in [0, 0.1) is 0 Å². The van der Waals surface area contributed by atoms with E-state index in [9.17, 15) is 9.59 Å². The van der Waals surface area contributed by atoms with E-state index in [0.29, 0.717) is 54.7 Å². The first-order chi connectivity index (χ1) is 16.1. The van der Waals surface area contributed by atoms with Crippen molar-refractivity contribution in [2.75, 3.05) is 37.1 Å². The van der Waals surface area contributed by atoms with Crippen molar-refractivity contribution in [1.82, 2.24) is 0 Å². The Morgan fingerprint density at radius 3 is 2.09 bits per heavy atom. The van der Waals surface area contributed by atoms with Crippen molar-refractivity contribution in [3.05, 3.63) is 83.9 Å². The summed E-state index contributed by atoms with van der Waals surface area (Å²) in [6, 6.07) is 20.9. The highest BCUT2D eigenvalue weighted by Crippen LogP contribution is 2.23. The van der Waals surface area contributed by atoms with Crippen LogP contribution < -0.4 is 20.1 Å². The summed E-state index contributed by atoms with van der Waals surface area (Å²) in [5.74, 6) is 0.468. The summed E-state index contributed by atoms with van der Waals surface area (Å²) < 4.78 is 16.4. The average molecular weight is 449 g/mol. The van der Waals surface area contributed by atoms with E-state index in [1.165, 1.54) is 0 Å². The minimum atomic E-state index is -0.372. The molecule has 2 N–H and O–H groups in total. The predicted octanol–water partition coefficient (Wildman–Crippen LogP) is 5.01. The molecule has 0 heterocycles. The van der Waals surface area contributed by atoms with Gasteiger partial charge in [-0.2, -0.15) is 0 Å². The molecule has 0 radical (unpaired) electrons. The Morgan fingerprint density at radius 1 is 0.697 bits per heavy atom. The molecule has 0 aromatic heterocycles. The van der Waals surface area contributed by atoms with Gasteiger partial charge < -0.3 is 24.8 Å². The highest BCUT2D eigenvalue weighted by Gasteiger charge is 2.17. The first-order valence-electron chi connectivity index (χ1n) is 10.9. The van der Waals surface area contributed by atoms with Crippen LogP contribution in [0.5, 0.6) is 11.5 Å². The second-order valence-corrected chi connectivity index (χ2v) is 6.95. The quantitative estimate of drug-likeness (QED) is 0.403. The van der Waals surface area contributed by atoms with Gasteiger partial charge in [0.15, 0.2) is 0 Å². The molecule has 0 saturated carbocycles. The number of anilines is 2. The summed E-state index contributed by atoms with van der Waals surface area (Å²) >= 11 is 0. The average Bonchev–Trinajstić information content (AvgIpc) is 2.84. The summed E-state index contributed by atoms with van der Waals surface area (Å²) in [7, 11) is 0. The third kappa shape index (κ3) is 6.82.